The molecule has 0 aromatic carbocycles. The van der Waals surface area contributed by atoms with Crippen molar-refractivity contribution in [1.29, 1.82) is 0 Å². The van der Waals surface area contributed by atoms with E-state index in [1.54, 1.807) is 0 Å². The van der Waals surface area contributed by atoms with Crippen molar-refractivity contribution in [1.82, 2.24) is 9.47 Å². The summed E-state index contributed by atoms with van der Waals surface area (Å²) in [6.45, 7) is 7.41. The van der Waals surface area contributed by atoms with Gasteiger partial charge in [-0.05, 0) is 33.4 Å². The molecule has 0 amide bonds. The van der Waals surface area contributed by atoms with Crippen LogP contribution in [-0.4, -0.2) is 33.3 Å². The van der Waals surface area contributed by atoms with E-state index in [2.05, 4.69) is 11.8 Å². The second-order valence-electron chi connectivity index (χ2n) is 5.67. The van der Waals surface area contributed by atoms with E-state index in [-0.39, 0.29) is 18.4 Å². The summed E-state index contributed by atoms with van der Waals surface area (Å²) in [5, 5.41) is 19.7. The van der Waals surface area contributed by atoms with Gasteiger partial charge in [0.05, 0.1) is 12.3 Å². The number of aromatic hydroxyl groups is 1. The quantitative estimate of drug-likeness (QED) is 0.772. The van der Waals surface area contributed by atoms with Crippen molar-refractivity contribution < 1.29 is 10.2 Å². The Morgan fingerprint density at radius 2 is 2.05 bits per heavy atom. The summed E-state index contributed by atoms with van der Waals surface area (Å²) in [4.78, 5) is 14.0. The minimum atomic E-state index is -0.419. The van der Waals surface area contributed by atoms with Crippen molar-refractivity contribution in [2.75, 3.05) is 13.6 Å². The lowest BCUT2D eigenvalue weighted by molar-refractivity contribution is 0.254. The van der Waals surface area contributed by atoms with E-state index in [0.29, 0.717) is 17.9 Å². The van der Waals surface area contributed by atoms with Crippen LogP contribution in [0.3, 0.4) is 0 Å². The molecule has 0 saturated heterocycles. The fourth-order valence-corrected chi connectivity index (χ4v) is 2.49. The van der Waals surface area contributed by atoms with Crippen LogP contribution in [0.25, 0.3) is 0 Å². The number of aliphatic hydroxyl groups is 1. The van der Waals surface area contributed by atoms with Gasteiger partial charge in [0.15, 0.2) is 5.75 Å². The highest BCUT2D eigenvalue weighted by Gasteiger charge is 2.19. The number of aliphatic hydroxyl groups excluding tert-OH is 1. The Balaban J connectivity index is 3.25. The molecule has 0 saturated carbocycles. The first-order valence-electron chi connectivity index (χ1n) is 7.71. The summed E-state index contributed by atoms with van der Waals surface area (Å²) >= 11 is 0. The molecule has 1 atom stereocenters. The molecule has 1 aromatic heterocycles. The van der Waals surface area contributed by atoms with Crippen molar-refractivity contribution in [3.63, 3.8) is 0 Å². The summed E-state index contributed by atoms with van der Waals surface area (Å²) < 4.78 is 1.90. The van der Waals surface area contributed by atoms with Crippen LogP contribution in [0.15, 0.2) is 10.9 Å². The second-order valence-corrected chi connectivity index (χ2v) is 5.67. The van der Waals surface area contributed by atoms with Crippen molar-refractivity contribution in [2.24, 2.45) is 0 Å². The minimum Gasteiger partial charge on any atom is -0.503 e. The van der Waals surface area contributed by atoms with Crippen LogP contribution in [0.2, 0.25) is 0 Å². The summed E-state index contributed by atoms with van der Waals surface area (Å²) in [5.41, 5.74) is 0.739. The highest BCUT2D eigenvalue weighted by atomic mass is 16.3. The lowest BCUT2D eigenvalue weighted by atomic mass is 10.1. The predicted octanol–water partition coefficient (Wildman–Crippen LogP) is 2.25. The second kappa shape index (κ2) is 8.20. The lowest BCUT2D eigenvalue weighted by Gasteiger charge is -2.26. The Kier molecular flexibility index (Phi) is 6.92. The topological polar surface area (TPSA) is 65.7 Å². The average molecular weight is 296 g/mol. The van der Waals surface area contributed by atoms with Gasteiger partial charge < -0.3 is 19.7 Å². The number of unbranched alkanes of at least 4 members (excludes halogenated alkanes) is 1. The number of aromatic nitrogens is 1. The lowest BCUT2D eigenvalue weighted by Crippen LogP contribution is -2.27. The first-order chi connectivity index (χ1) is 9.96. The van der Waals surface area contributed by atoms with Crippen LogP contribution in [0.4, 0.5) is 0 Å². The van der Waals surface area contributed by atoms with E-state index in [1.807, 2.05) is 25.5 Å². The van der Waals surface area contributed by atoms with Gasteiger partial charge in [-0.15, -0.1) is 0 Å². The van der Waals surface area contributed by atoms with Gasteiger partial charge in [0.2, 0.25) is 5.43 Å². The molecule has 0 spiro atoms. The van der Waals surface area contributed by atoms with Crippen LogP contribution < -0.4 is 5.43 Å². The van der Waals surface area contributed by atoms with Gasteiger partial charge in [-0.25, -0.2) is 0 Å². The summed E-state index contributed by atoms with van der Waals surface area (Å²) in [6, 6.07) is 1.45. The monoisotopic (exact) mass is 296 g/mol. The summed E-state index contributed by atoms with van der Waals surface area (Å²) in [5.74, 6) is -0.198. The Morgan fingerprint density at radius 1 is 1.38 bits per heavy atom. The van der Waals surface area contributed by atoms with Crippen LogP contribution in [-0.2, 0) is 13.2 Å². The molecular formula is C16H28N2O3. The highest BCUT2D eigenvalue weighted by Crippen LogP contribution is 2.23. The number of nitrogens with zero attached hydrogens (tertiary/aromatic N) is 2. The van der Waals surface area contributed by atoms with E-state index >= 15 is 0 Å². The van der Waals surface area contributed by atoms with E-state index in [9.17, 15) is 15.0 Å². The summed E-state index contributed by atoms with van der Waals surface area (Å²) in [6.07, 6.45) is 3.04. The van der Waals surface area contributed by atoms with Crippen molar-refractivity contribution >= 4 is 0 Å². The van der Waals surface area contributed by atoms with Gasteiger partial charge in [0.1, 0.15) is 0 Å². The molecule has 120 valence electrons. The first kappa shape index (κ1) is 17.7. The van der Waals surface area contributed by atoms with E-state index in [4.69, 9.17) is 0 Å². The summed E-state index contributed by atoms with van der Waals surface area (Å²) in [7, 11) is 1.98. The maximum absolute atomic E-state index is 11.9. The highest BCUT2D eigenvalue weighted by molar-refractivity contribution is 5.30. The fraction of sp³-hybridized carbons (Fsp3) is 0.688. The molecule has 0 bridgehead atoms. The smallest absolute Gasteiger partial charge is 0.223 e. The molecule has 0 aliphatic carbocycles. The molecule has 5 nitrogen and oxygen atoms in total. The van der Waals surface area contributed by atoms with Crippen LogP contribution in [0.1, 0.15) is 57.5 Å². The third-order valence-corrected chi connectivity index (χ3v) is 3.91. The van der Waals surface area contributed by atoms with Crippen LogP contribution in [0.5, 0.6) is 5.75 Å². The Morgan fingerprint density at radius 3 is 2.57 bits per heavy atom. The molecule has 0 radical (unpaired) electrons. The van der Waals surface area contributed by atoms with Crippen molar-refractivity contribution in [3.05, 3.63) is 27.7 Å². The van der Waals surface area contributed by atoms with Gasteiger partial charge in [0, 0.05) is 24.3 Å². The van der Waals surface area contributed by atoms with E-state index in [0.717, 1.165) is 25.8 Å². The van der Waals surface area contributed by atoms with Crippen LogP contribution >= 0.6 is 0 Å². The van der Waals surface area contributed by atoms with Gasteiger partial charge in [-0.3, -0.25) is 4.79 Å². The SMILES string of the molecule is CCCCN(C)Cc1c(O)c(=O)cc(CO)n1C(C)CC. The van der Waals surface area contributed by atoms with Gasteiger partial charge in [-0.2, -0.15) is 0 Å². The molecule has 1 heterocycles. The first-order valence-corrected chi connectivity index (χ1v) is 7.71. The Labute approximate surface area is 126 Å². The zero-order valence-electron chi connectivity index (χ0n) is 13.6. The molecule has 2 N–H and O–H groups in total. The molecule has 0 aliphatic heterocycles. The van der Waals surface area contributed by atoms with Crippen molar-refractivity contribution in [2.45, 2.75) is 59.2 Å². The standard InChI is InChI=1S/C16H28N2O3/c1-5-7-8-17(4)10-14-16(21)15(20)9-13(11-19)18(14)12(3)6-2/h9,12,19,21H,5-8,10-11H2,1-4H3. The molecule has 21 heavy (non-hydrogen) atoms. The largest absolute Gasteiger partial charge is 0.503 e. The molecule has 0 aliphatic rings. The molecule has 5 heteroatoms. The molecular weight excluding hydrogens is 268 g/mol. The van der Waals surface area contributed by atoms with Gasteiger partial charge in [-0.1, -0.05) is 20.3 Å². The number of hydrogen-bond donors (Lipinski definition) is 2. The number of hydrogen-bond acceptors (Lipinski definition) is 4. The fourth-order valence-electron chi connectivity index (χ4n) is 2.49. The maximum Gasteiger partial charge on any atom is 0.223 e. The average Bonchev–Trinajstić information content (AvgIpc) is 2.48. The van der Waals surface area contributed by atoms with E-state index < -0.39 is 5.43 Å². The Bertz CT molecular complexity index is 511. The minimum absolute atomic E-state index is 0.119. The zero-order chi connectivity index (χ0) is 16.0. The van der Waals surface area contributed by atoms with Gasteiger partial charge in [0.25, 0.3) is 0 Å². The molecule has 0 fully saturated rings. The number of rotatable bonds is 8. The molecule has 1 rings (SSSR count). The zero-order valence-corrected chi connectivity index (χ0v) is 13.6. The van der Waals surface area contributed by atoms with Crippen LogP contribution in [0, 0.1) is 0 Å². The maximum atomic E-state index is 11.9. The Hall–Kier alpha value is -1.33. The van der Waals surface area contributed by atoms with E-state index in [1.165, 1.54) is 6.07 Å². The molecule has 1 aromatic rings. The third kappa shape index (κ3) is 4.32. The number of pyridine rings is 1. The van der Waals surface area contributed by atoms with Crippen molar-refractivity contribution in [3.8, 4) is 5.75 Å². The molecule has 1 unspecified atom stereocenters. The predicted molar refractivity (Wildman–Crippen MR) is 84.5 cm³/mol. The normalized spacial score (nSPS) is 12.9. The third-order valence-electron chi connectivity index (χ3n) is 3.91. The van der Waals surface area contributed by atoms with Gasteiger partial charge >= 0.3 is 0 Å².